The Kier molecular flexibility index (Phi) is 4.98. The van der Waals surface area contributed by atoms with Crippen LogP contribution in [0.4, 0.5) is 5.69 Å². The molecule has 1 amide bonds. The van der Waals surface area contributed by atoms with E-state index in [9.17, 15) is 14.9 Å². The first-order valence-corrected chi connectivity index (χ1v) is 7.92. The van der Waals surface area contributed by atoms with Gasteiger partial charge in [0, 0.05) is 29.7 Å². The second kappa shape index (κ2) is 6.56. The SMILES string of the molecule is CC(C)C1CCN(C(=O)c2cc([N+](=O)[O-])ccc2Br)CC1. The van der Waals surface area contributed by atoms with Crippen LogP contribution in [0.2, 0.25) is 0 Å². The van der Waals surface area contributed by atoms with Gasteiger partial charge in [-0.2, -0.15) is 0 Å². The molecular formula is C15H19BrN2O3. The van der Waals surface area contributed by atoms with Crippen LogP contribution in [0.25, 0.3) is 0 Å². The maximum absolute atomic E-state index is 12.5. The molecule has 1 aliphatic heterocycles. The van der Waals surface area contributed by atoms with Gasteiger partial charge in [-0.1, -0.05) is 13.8 Å². The molecule has 5 nitrogen and oxygen atoms in total. The van der Waals surface area contributed by atoms with E-state index < -0.39 is 4.92 Å². The Morgan fingerprint density at radius 3 is 2.52 bits per heavy atom. The topological polar surface area (TPSA) is 63.5 Å². The molecule has 0 atom stereocenters. The zero-order valence-electron chi connectivity index (χ0n) is 12.2. The van der Waals surface area contributed by atoms with Crippen molar-refractivity contribution in [3.05, 3.63) is 38.3 Å². The van der Waals surface area contributed by atoms with Gasteiger partial charge in [0.2, 0.25) is 0 Å². The molecule has 1 aromatic carbocycles. The Morgan fingerprint density at radius 1 is 1.38 bits per heavy atom. The fourth-order valence-electron chi connectivity index (χ4n) is 2.73. The Bertz CT molecular complexity index is 552. The van der Waals surface area contributed by atoms with E-state index in [4.69, 9.17) is 0 Å². The van der Waals surface area contributed by atoms with Crippen molar-refractivity contribution < 1.29 is 9.72 Å². The summed E-state index contributed by atoms with van der Waals surface area (Å²) in [6, 6.07) is 4.30. The van der Waals surface area contributed by atoms with Crippen LogP contribution in [0.15, 0.2) is 22.7 Å². The van der Waals surface area contributed by atoms with Crippen molar-refractivity contribution in [1.82, 2.24) is 4.90 Å². The second-order valence-corrected chi connectivity index (χ2v) is 6.65. The first-order valence-electron chi connectivity index (χ1n) is 7.13. The van der Waals surface area contributed by atoms with Crippen molar-refractivity contribution in [2.24, 2.45) is 11.8 Å². The van der Waals surface area contributed by atoms with Crippen molar-refractivity contribution in [2.75, 3.05) is 13.1 Å². The third-order valence-corrected chi connectivity index (χ3v) is 4.85. The van der Waals surface area contributed by atoms with Crippen LogP contribution in [0.3, 0.4) is 0 Å². The van der Waals surface area contributed by atoms with Crippen LogP contribution in [0.5, 0.6) is 0 Å². The van der Waals surface area contributed by atoms with Gasteiger partial charge in [-0.15, -0.1) is 0 Å². The molecule has 1 aromatic rings. The minimum atomic E-state index is -0.478. The lowest BCUT2D eigenvalue weighted by Gasteiger charge is -2.34. The summed E-state index contributed by atoms with van der Waals surface area (Å²) >= 11 is 3.31. The highest BCUT2D eigenvalue weighted by Crippen LogP contribution is 2.28. The van der Waals surface area contributed by atoms with Crippen molar-refractivity contribution in [1.29, 1.82) is 0 Å². The van der Waals surface area contributed by atoms with Gasteiger partial charge in [-0.05, 0) is 46.7 Å². The lowest BCUT2D eigenvalue weighted by Crippen LogP contribution is -2.39. The number of piperidine rings is 1. The summed E-state index contributed by atoms with van der Waals surface area (Å²) in [7, 11) is 0. The number of hydrogen-bond acceptors (Lipinski definition) is 3. The van der Waals surface area contributed by atoms with E-state index in [0.717, 1.165) is 25.9 Å². The first kappa shape index (κ1) is 15.9. The third-order valence-electron chi connectivity index (χ3n) is 4.16. The summed E-state index contributed by atoms with van der Waals surface area (Å²) in [5, 5.41) is 10.8. The van der Waals surface area contributed by atoms with Gasteiger partial charge in [0.05, 0.1) is 10.5 Å². The average Bonchev–Trinajstić information content (AvgIpc) is 2.47. The molecule has 0 unspecified atom stereocenters. The van der Waals surface area contributed by atoms with Crippen LogP contribution in [-0.2, 0) is 0 Å². The van der Waals surface area contributed by atoms with E-state index in [0.29, 0.717) is 21.9 Å². The number of non-ortho nitro benzene ring substituents is 1. The van der Waals surface area contributed by atoms with E-state index in [2.05, 4.69) is 29.8 Å². The fourth-order valence-corrected chi connectivity index (χ4v) is 3.15. The number of nitro benzene ring substituents is 1. The lowest BCUT2D eigenvalue weighted by atomic mass is 9.86. The third kappa shape index (κ3) is 3.61. The van der Waals surface area contributed by atoms with Gasteiger partial charge in [-0.3, -0.25) is 14.9 Å². The Labute approximate surface area is 132 Å². The number of carbonyl (C=O) groups is 1. The molecule has 0 radical (unpaired) electrons. The molecule has 1 fully saturated rings. The largest absolute Gasteiger partial charge is 0.339 e. The predicted molar refractivity (Wildman–Crippen MR) is 84.3 cm³/mol. The van der Waals surface area contributed by atoms with Gasteiger partial charge in [-0.25, -0.2) is 0 Å². The molecule has 1 aliphatic rings. The minimum absolute atomic E-state index is 0.0568. The van der Waals surface area contributed by atoms with Crippen LogP contribution in [0.1, 0.15) is 37.0 Å². The van der Waals surface area contributed by atoms with Crippen molar-refractivity contribution in [2.45, 2.75) is 26.7 Å². The van der Waals surface area contributed by atoms with Crippen molar-refractivity contribution in [3.8, 4) is 0 Å². The number of nitro groups is 1. The number of likely N-dealkylation sites (tertiary alicyclic amines) is 1. The number of nitrogens with zero attached hydrogens (tertiary/aromatic N) is 2. The van der Waals surface area contributed by atoms with Crippen LogP contribution < -0.4 is 0 Å². The number of carbonyl (C=O) groups excluding carboxylic acids is 1. The normalized spacial score (nSPS) is 16.3. The van der Waals surface area contributed by atoms with E-state index in [1.54, 1.807) is 11.0 Å². The van der Waals surface area contributed by atoms with E-state index >= 15 is 0 Å². The van der Waals surface area contributed by atoms with Gasteiger partial charge < -0.3 is 4.90 Å². The van der Waals surface area contributed by atoms with Gasteiger partial charge in [0.25, 0.3) is 11.6 Å². The molecule has 21 heavy (non-hydrogen) atoms. The zero-order chi connectivity index (χ0) is 15.6. The predicted octanol–water partition coefficient (Wildman–Crippen LogP) is 3.87. The van der Waals surface area contributed by atoms with Crippen LogP contribution in [-0.4, -0.2) is 28.8 Å². The molecule has 0 saturated carbocycles. The number of benzene rings is 1. The second-order valence-electron chi connectivity index (χ2n) is 5.79. The minimum Gasteiger partial charge on any atom is -0.339 e. The van der Waals surface area contributed by atoms with E-state index in [-0.39, 0.29) is 11.6 Å². The maximum Gasteiger partial charge on any atom is 0.270 e. The standard InChI is InChI=1S/C15H19BrN2O3/c1-10(2)11-5-7-17(8-6-11)15(19)13-9-12(18(20)21)3-4-14(13)16/h3-4,9-11H,5-8H2,1-2H3. The summed E-state index contributed by atoms with van der Waals surface area (Å²) in [6.07, 6.45) is 1.99. The molecule has 1 saturated heterocycles. The smallest absolute Gasteiger partial charge is 0.270 e. The van der Waals surface area contributed by atoms with Gasteiger partial charge in [0.15, 0.2) is 0 Å². The summed E-state index contributed by atoms with van der Waals surface area (Å²) in [4.78, 5) is 24.7. The Hall–Kier alpha value is -1.43. The monoisotopic (exact) mass is 354 g/mol. The Balaban J connectivity index is 2.14. The van der Waals surface area contributed by atoms with Crippen LogP contribution in [0, 0.1) is 22.0 Å². The van der Waals surface area contributed by atoms with E-state index in [1.807, 2.05) is 0 Å². The molecule has 0 aliphatic carbocycles. The Morgan fingerprint density at radius 2 is 2.00 bits per heavy atom. The molecule has 114 valence electrons. The maximum atomic E-state index is 12.5. The highest BCUT2D eigenvalue weighted by molar-refractivity contribution is 9.10. The molecule has 6 heteroatoms. The highest BCUT2D eigenvalue weighted by Gasteiger charge is 2.27. The van der Waals surface area contributed by atoms with Gasteiger partial charge in [0.1, 0.15) is 0 Å². The molecule has 2 rings (SSSR count). The average molecular weight is 355 g/mol. The first-order chi connectivity index (χ1) is 9.90. The van der Waals surface area contributed by atoms with Crippen LogP contribution >= 0.6 is 15.9 Å². The molecular weight excluding hydrogens is 336 g/mol. The highest BCUT2D eigenvalue weighted by atomic mass is 79.9. The quantitative estimate of drug-likeness (QED) is 0.611. The van der Waals surface area contributed by atoms with Gasteiger partial charge >= 0.3 is 0 Å². The lowest BCUT2D eigenvalue weighted by molar-refractivity contribution is -0.384. The van der Waals surface area contributed by atoms with Crippen molar-refractivity contribution in [3.63, 3.8) is 0 Å². The number of hydrogen-bond donors (Lipinski definition) is 0. The molecule has 0 bridgehead atoms. The number of rotatable bonds is 3. The summed E-state index contributed by atoms with van der Waals surface area (Å²) < 4.78 is 0.601. The summed E-state index contributed by atoms with van der Waals surface area (Å²) in [5.41, 5.74) is 0.311. The van der Waals surface area contributed by atoms with Crippen molar-refractivity contribution >= 4 is 27.5 Å². The molecule has 0 spiro atoms. The molecule has 0 N–H and O–H groups in total. The summed E-state index contributed by atoms with van der Waals surface area (Å²) in [5.74, 6) is 1.15. The zero-order valence-corrected chi connectivity index (χ0v) is 13.8. The molecule has 0 aromatic heterocycles. The molecule has 1 heterocycles. The number of amides is 1. The summed E-state index contributed by atoms with van der Waals surface area (Å²) in [6.45, 7) is 5.85. The number of halogens is 1. The fraction of sp³-hybridized carbons (Fsp3) is 0.533. The van der Waals surface area contributed by atoms with E-state index in [1.165, 1.54) is 12.1 Å².